The molecule has 0 saturated carbocycles. The summed E-state index contributed by atoms with van der Waals surface area (Å²) >= 11 is 5.83. The molecule has 0 aliphatic rings. The monoisotopic (exact) mass is 414 g/mol. The Morgan fingerprint density at radius 3 is 2.68 bits per heavy atom. The first-order valence-corrected chi connectivity index (χ1v) is 7.94. The highest BCUT2D eigenvalue weighted by molar-refractivity contribution is 6.33. The van der Waals surface area contributed by atoms with Crippen LogP contribution in [0.25, 0.3) is 5.65 Å². The number of halogens is 4. The summed E-state index contributed by atoms with van der Waals surface area (Å²) in [6.07, 6.45) is -2.95. The standard InChI is InChI=1S/C16H10ClF3N4O4/c17-11-3-8(16(18,19)20)6-23-7-9(21-15(11)23)4-14(26)22-12-5-10(24(27)28)1-2-13(12)25/h1-3,5-7,25H,4H2,(H,22,26). The molecular formula is C16H10ClF3N4O4. The zero-order valence-corrected chi connectivity index (χ0v) is 14.5. The second-order valence-electron chi connectivity index (χ2n) is 5.72. The predicted octanol–water partition coefficient (Wildman–Crippen LogP) is 3.80. The summed E-state index contributed by atoms with van der Waals surface area (Å²) in [5.41, 5.74) is -1.34. The van der Waals surface area contributed by atoms with Crippen molar-refractivity contribution >= 4 is 34.5 Å². The van der Waals surface area contributed by atoms with Gasteiger partial charge in [0.1, 0.15) is 5.75 Å². The molecule has 0 radical (unpaired) electrons. The summed E-state index contributed by atoms with van der Waals surface area (Å²) in [5.74, 6) is -1.07. The van der Waals surface area contributed by atoms with E-state index in [-0.39, 0.29) is 39.9 Å². The minimum absolute atomic E-state index is 0.0377. The average Bonchev–Trinajstić information content (AvgIpc) is 2.98. The van der Waals surface area contributed by atoms with Crippen molar-refractivity contribution in [1.82, 2.24) is 9.38 Å². The predicted molar refractivity (Wildman–Crippen MR) is 92.3 cm³/mol. The SMILES string of the molecule is O=C(Cc1cn2cc(C(F)(F)F)cc(Cl)c2n1)Nc1cc([N+](=O)[O-])ccc1O. The maximum atomic E-state index is 12.9. The fourth-order valence-electron chi connectivity index (χ4n) is 2.44. The van der Waals surface area contributed by atoms with Gasteiger partial charge in [-0.25, -0.2) is 4.98 Å². The van der Waals surface area contributed by atoms with E-state index in [0.29, 0.717) is 0 Å². The van der Waals surface area contributed by atoms with E-state index in [1.165, 1.54) is 6.20 Å². The highest BCUT2D eigenvalue weighted by atomic mass is 35.5. The summed E-state index contributed by atoms with van der Waals surface area (Å²) < 4.78 is 39.6. The van der Waals surface area contributed by atoms with Crippen LogP contribution in [0.1, 0.15) is 11.3 Å². The first-order chi connectivity index (χ1) is 13.0. The second-order valence-corrected chi connectivity index (χ2v) is 6.13. The molecule has 28 heavy (non-hydrogen) atoms. The van der Waals surface area contributed by atoms with Crippen molar-refractivity contribution in [2.45, 2.75) is 12.6 Å². The summed E-state index contributed by atoms with van der Waals surface area (Å²) in [7, 11) is 0. The number of carbonyl (C=O) groups is 1. The van der Waals surface area contributed by atoms with Crippen LogP contribution in [0.2, 0.25) is 5.02 Å². The van der Waals surface area contributed by atoms with E-state index in [4.69, 9.17) is 11.6 Å². The third-order valence-electron chi connectivity index (χ3n) is 3.69. The van der Waals surface area contributed by atoms with Gasteiger partial charge in [-0.3, -0.25) is 14.9 Å². The number of nitrogens with zero attached hydrogens (tertiary/aromatic N) is 3. The molecule has 0 aliphatic heterocycles. The van der Waals surface area contributed by atoms with Crippen molar-refractivity contribution < 1.29 is 28.0 Å². The quantitative estimate of drug-likeness (QED) is 0.383. The van der Waals surface area contributed by atoms with E-state index in [0.717, 1.165) is 34.9 Å². The zero-order chi connectivity index (χ0) is 20.6. The molecule has 1 aromatic carbocycles. The van der Waals surface area contributed by atoms with Crippen molar-refractivity contribution in [2.75, 3.05) is 5.32 Å². The molecule has 0 unspecified atom stereocenters. The lowest BCUT2D eigenvalue weighted by atomic mass is 10.2. The van der Waals surface area contributed by atoms with Gasteiger partial charge in [0.2, 0.25) is 5.91 Å². The third kappa shape index (κ3) is 3.98. The number of aromatic hydroxyl groups is 1. The summed E-state index contributed by atoms with van der Waals surface area (Å²) in [4.78, 5) is 26.2. The van der Waals surface area contributed by atoms with Crippen LogP contribution in [-0.4, -0.2) is 25.3 Å². The number of nitro benzene ring substituents is 1. The van der Waals surface area contributed by atoms with Gasteiger partial charge in [0, 0.05) is 24.5 Å². The minimum Gasteiger partial charge on any atom is -0.506 e. The van der Waals surface area contributed by atoms with Gasteiger partial charge < -0.3 is 14.8 Å². The molecule has 12 heteroatoms. The van der Waals surface area contributed by atoms with E-state index in [1.54, 1.807) is 0 Å². The fourth-order valence-corrected chi connectivity index (χ4v) is 2.70. The molecular weight excluding hydrogens is 405 g/mol. The Hall–Kier alpha value is -3.34. The van der Waals surface area contributed by atoms with Crippen molar-refractivity contribution in [1.29, 1.82) is 0 Å². The van der Waals surface area contributed by atoms with Crippen molar-refractivity contribution in [3.63, 3.8) is 0 Å². The molecule has 2 aromatic heterocycles. The van der Waals surface area contributed by atoms with Gasteiger partial charge in [-0.1, -0.05) is 11.6 Å². The molecule has 2 N–H and O–H groups in total. The molecule has 3 rings (SSSR count). The van der Waals surface area contributed by atoms with Crippen LogP contribution >= 0.6 is 11.6 Å². The molecule has 0 aliphatic carbocycles. The number of imidazole rings is 1. The number of alkyl halides is 3. The smallest absolute Gasteiger partial charge is 0.417 e. The van der Waals surface area contributed by atoms with E-state index in [2.05, 4.69) is 10.3 Å². The number of nitro groups is 1. The topological polar surface area (TPSA) is 110 Å². The number of hydrogen-bond donors (Lipinski definition) is 2. The normalized spacial score (nSPS) is 11.6. The second kappa shape index (κ2) is 7.00. The molecule has 8 nitrogen and oxygen atoms in total. The number of hydrogen-bond acceptors (Lipinski definition) is 5. The maximum Gasteiger partial charge on any atom is 0.417 e. The number of anilines is 1. The lowest BCUT2D eigenvalue weighted by molar-refractivity contribution is -0.384. The van der Waals surface area contributed by atoms with Crippen LogP contribution in [0.4, 0.5) is 24.5 Å². The lowest BCUT2D eigenvalue weighted by Crippen LogP contribution is -2.14. The Morgan fingerprint density at radius 1 is 1.32 bits per heavy atom. The van der Waals surface area contributed by atoms with Crippen LogP contribution in [-0.2, 0) is 17.4 Å². The molecule has 0 spiro atoms. The molecule has 0 bridgehead atoms. The highest BCUT2D eigenvalue weighted by Gasteiger charge is 2.32. The highest BCUT2D eigenvalue weighted by Crippen LogP contribution is 2.32. The summed E-state index contributed by atoms with van der Waals surface area (Å²) in [5, 5.41) is 22.5. The van der Waals surface area contributed by atoms with Gasteiger partial charge in [0.15, 0.2) is 5.65 Å². The number of benzene rings is 1. The number of phenolic OH excluding ortho intramolecular Hbond substituents is 1. The van der Waals surface area contributed by atoms with Crippen LogP contribution in [0.3, 0.4) is 0 Å². The summed E-state index contributed by atoms with van der Waals surface area (Å²) in [6, 6.07) is 3.82. The molecule has 0 atom stereocenters. The maximum absolute atomic E-state index is 12.9. The number of rotatable bonds is 4. The number of pyridine rings is 1. The van der Waals surface area contributed by atoms with Crippen LogP contribution < -0.4 is 5.32 Å². The number of amides is 1. The Balaban J connectivity index is 1.83. The molecule has 1 amide bonds. The number of carbonyl (C=O) groups excluding carboxylic acids is 1. The molecule has 0 fully saturated rings. The van der Waals surface area contributed by atoms with Crippen molar-refractivity contribution in [3.8, 4) is 5.75 Å². The van der Waals surface area contributed by atoms with Gasteiger partial charge >= 0.3 is 6.18 Å². The third-order valence-corrected chi connectivity index (χ3v) is 3.97. The molecule has 146 valence electrons. The van der Waals surface area contributed by atoms with Crippen LogP contribution in [0, 0.1) is 10.1 Å². The first-order valence-electron chi connectivity index (χ1n) is 7.56. The lowest BCUT2D eigenvalue weighted by Gasteiger charge is -2.07. The number of non-ortho nitro benzene ring substituents is 1. The minimum atomic E-state index is -4.60. The molecule has 0 saturated heterocycles. The van der Waals surface area contributed by atoms with Crippen molar-refractivity contribution in [3.05, 3.63) is 63.1 Å². The molecule has 2 heterocycles. The average molecular weight is 415 g/mol. The van der Waals surface area contributed by atoms with E-state index in [9.17, 15) is 33.2 Å². The number of fused-ring (bicyclic) bond motifs is 1. The first kappa shape index (κ1) is 19.4. The van der Waals surface area contributed by atoms with Crippen LogP contribution in [0.5, 0.6) is 5.75 Å². The summed E-state index contributed by atoms with van der Waals surface area (Å²) in [6.45, 7) is 0. The van der Waals surface area contributed by atoms with Crippen molar-refractivity contribution in [2.24, 2.45) is 0 Å². The largest absolute Gasteiger partial charge is 0.506 e. The number of nitrogens with one attached hydrogen (secondary N) is 1. The van der Waals surface area contributed by atoms with Gasteiger partial charge in [0.25, 0.3) is 5.69 Å². The van der Waals surface area contributed by atoms with E-state index in [1.807, 2.05) is 0 Å². The Bertz CT molecular complexity index is 1100. The number of phenols is 1. The molecule has 3 aromatic rings. The Morgan fingerprint density at radius 2 is 2.04 bits per heavy atom. The van der Waals surface area contributed by atoms with E-state index >= 15 is 0 Å². The zero-order valence-electron chi connectivity index (χ0n) is 13.7. The van der Waals surface area contributed by atoms with Gasteiger partial charge in [0.05, 0.1) is 33.3 Å². The van der Waals surface area contributed by atoms with Gasteiger partial charge in [-0.15, -0.1) is 0 Å². The van der Waals surface area contributed by atoms with Gasteiger partial charge in [-0.05, 0) is 12.1 Å². The van der Waals surface area contributed by atoms with Crippen LogP contribution in [0.15, 0.2) is 36.7 Å². The fraction of sp³-hybridized carbons (Fsp3) is 0.125. The van der Waals surface area contributed by atoms with Gasteiger partial charge in [-0.2, -0.15) is 13.2 Å². The number of aromatic nitrogens is 2. The Labute approximate surface area is 159 Å². The van der Waals surface area contributed by atoms with E-state index < -0.39 is 22.6 Å². The Kier molecular flexibility index (Phi) is 4.86.